The van der Waals surface area contributed by atoms with Crippen LogP contribution in [0.3, 0.4) is 0 Å². The van der Waals surface area contributed by atoms with E-state index in [-0.39, 0.29) is 11.0 Å². The fourth-order valence-electron chi connectivity index (χ4n) is 1.85. The van der Waals surface area contributed by atoms with Crippen LogP contribution in [0.4, 0.5) is 0 Å². The molecule has 26 heavy (non-hydrogen) atoms. The molecule has 0 atom stereocenters. The zero-order chi connectivity index (χ0) is 19.8. The van der Waals surface area contributed by atoms with Gasteiger partial charge in [0.1, 0.15) is 0 Å². The molecule has 146 valence electrons. The largest absolute Gasteiger partial charge is 0.481 e. The van der Waals surface area contributed by atoms with Gasteiger partial charge in [0.05, 0.1) is 26.0 Å². The normalized spacial score (nSPS) is 12.4. The average molecular weight is 380 g/mol. The van der Waals surface area contributed by atoms with Gasteiger partial charge >= 0.3 is 5.97 Å². The molecule has 6 heteroatoms. The van der Waals surface area contributed by atoms with E-state index in [1.54, 1.807) is 13.2 Å². The summed E-state index contributed by atoms with van der Waals surface area (Å²) in [6, 6.07) is 3.77. The monoisotopic (exact) mass is 379 g/mol. The lowest BCUT2D eigenvalue weighted by atomic mass is 10.2. The molecule has 1 rings (SSSR count). The Morgan fingerprint density at radius 1 is 1.27 bits per heavy atom. The van der Waals surface area contributed by atoms with Crippen LogP contribution in [0.2, 0.25) is 18.1 Å². The Morgan fingerprint density at radius 3 is 2.54 bits per heavy atom. The summed E-state index contributed by atoms with van der Waals surface area (Å²) in [4.78, 5) is 16.1. The maximum Gasteiger partial charge on any atom is 0.330 e. The Kier molecular flexibility index (Phi) is 8.50. The van der Waals surface area contributed by atoms with Gasteiger partial charge in [-0.1, -0.05) is 34.1 Å². The second kappa shape index (κ2) is 9.88. The van der Waals surface area contributed by atoms with Gasteiger partial charge in [-0.05, 0) is 42.3 Å². The lowest BCUT2D eigenvalue weighted by Crippen LogP contribution is -2.40. The van der Waals surface area contributed by atoms with Crippen LogP contribution in [0.15, 0.2) is 18.2 Å². The third kappa shape index (κ3) is 7.29. The van der Waals surface area contributed by atoms with Crippen molar-refractivity contribution in [2.24, 2.45) is 0 Å². The Balaban J connectivity index is 2.83. The molecule has 0 amide bonds. The number of hydrogen-bond acceptors (Lipinski definition) is 5. The van der Waals surface area contributed by atoms with Gasteiger partial charge in [0.2, 0.25) is 5.88 Å². The number of ether oxygens (including phenoxy) is 2. The van der Waals surface area contributed by atoms with Crippen LogP contribution in [-0.4, -0.2) is 33.0 Å². The van der Waals surface area contributed by atoms with Crippen LogP contribution in [-0.2, 0) is 20.6 Å². The second-order valence-corrected chi connectivity index (χ2v) is 12.7. The van der Waals surface area contributed by atoms with E-state index in [1.807, 2.05) is 12.1 Å². The molecule has 0 spiro atoms. The number of rotatable bonds is 9. The van der Waals surface area contributed by atoms with Gasteiger partial charge in [0.15, 0.2) is 8.32 Å². The highest BCUT2D eigenvalue weighted by Gasteiger charge is 2.37. The van der Waals surface area contributed by atoms with Gasteiger partial charge in [0.25, 0.3) is 0 Å². The zero-order valence-corrected chi connectivity index (χ0v) is 18.2. The topological polar surface area (TPSA) is 57.7 Å². The van der Waals surface area contributed by atoms with Crippen LogP contribution in [0.5, 0.6) is 5.88 Å². The first-order valence-corrected chi connectivity index (χ1v) is 12.0. The van der Waals surface area contributed by atoms with Gasteiger partial charge in [-0.15, -0.1) is 0 Å². The Hall–Kier alpha value is -1.66. The summed E-state index contributed by atoms with van der Waals surface area (Å²) in [6.45, 7) is 14.1. The summed E-state index contributed by atoms with van der Waals surface area (Å²) >= 11 is 0. The van der Waals surface area contributed by atoms with Crippen molar-refractivity contribution in [1.29, 1.82) is 0 Å². The first kappa shape index (κ1) is 22.4. The van der Waals surface area contributed by atoms with E-state index >= 15 is 0 Å². The van der Waals surface area contributed by atoms with Crippen LogP contribution < -0.4 is 4.74 Å². The number of pyridine rings is 1. The molecule has 5 nitrogen and oxygen atoms in total. The summed E-state index contributed by atoms with van der Waals surface area (Å²) in [5, 5.41) is 0.148. The van der Waals surface area contributed by atoms with E-state index in [4.69, 9.17) is 13.9 Å². The van der Waals surface area contributed by atoms with Crippen LogP contribution >= 0.6 is 0 Å². The van der Waals surface area contributed by atoms with Gasteiger partial charge in [-0.25, -0.2) is 9.78 Å². The number of nitrogens with zero attached hydrogens (tertiary/aromatic N) is 1. The van der Waals surface area contributed by atoms with Crippen molar-refractivity contribution >= 4 is 20.4 Å². The first-order valence-electron chi connectivity index (χ1n) is 9.13. The van der Waals surface area contributed by atoms with Gasteiger partial charge in [-0.3, -0.25) is 0 Å². The quantitative estimate of drug-likeness (QED) is 0.262. The predicted octanol–water partition coefficient (Wildman–Crippen LogP) is 4.97. The molecule has 0 aliphatic carbocycles. The highest BCUT2D eigenvalue weighted by atomic mass is 28.4. The predicted molar refractivity (Wildman–Crippen MR) is 108 cm³/mol. The molecule has 0 radical (unpaired) electrons. The Bertz CT molecular complexity index is 621. The molecule has 0 N–H and O–H groups in total. The van der Waals surface area contributed by atoms with Crippen molar-refractivity contribution in [3.63, 3.8) is 0 Å². The van der Waals surface area contributed by atoms with Crippen LogP contribution in [0.1, 0.15) is 51.8 Å². The zero-order valence-electron chi connectivity index (χ0n) is 17.2. The Labute approximate surface area is 158 Å². The number of aromatic nitrogens is 1. The fourth-order valence-corrected chi connectivity index (χ4v) is 2.81. The molecule has 0 saturated carbocycles. The summed E-state index contributed by atoms with van der Waals surface area (Å²) in [6.07, 6.45) is 4.90. The van der Waals surface area contributed by atoms with Crippen molar-refractivity contribution < 1.29 is 18.7 Å². The van der Waals surface area contributed by atoms with Crippen molar-refractivity contribution in [1.82, 2.24) is 4.98 Å². The molecule has 0 fully saturated rings. The molecular weight excluding hydrogens is 346 g/mol. The van der Waals surface area contributed by atoms with Gasteiger partial charge < -0.3 is 13.9 Å². The number of carbonyl (C=O) groups is 1. The lowest BCUT2D eigenvalue weighted by Gasteiger charge is -2.36. The van der Waals surface area contributed by atoms with E-state index in [0.29, 0.717) is 24.8 Å². The van der Waals surface area contributed by atoms with Gasteiger partial charge in [-0.2, -0.15) is 0 Å². The summed E-state index contributed by atoms with van der Waals surface area (Å²) in [7, 11) is -0.264. The standard InChI is InChI=1S/C20H33NO4Si/c1-8-9-12-24-19(22)11-10-17-13-16(14-18(21-17)23-5)15-25-26(6,7)20(2,3)4/h10-11,13-14H,8-9,12,15H2,1-7H3/b11-10+. The molecule has 0 saturated heterocycles. The molecule has 0 aliphatic rings. The summed E-state index contributed by atoms with van der Waals surface area (Å²) < 4.78 is 16.7. The number of carbonyl (C=O) groups excluding carboxylic acids is 1. The molecular formula is C20H33NO4Si. The van der Waals surface area contributed by atoms with Gasteiger partial charge in [0, 0.05) is 12.1 Å². The van der Waals surface area contributed by atoms with E-state index in [1.165, 1.54) is 6.08 Å². The molecule has 1 aromatic rings. The number of unbranched alkanes of at least 4 members (excludes halogenated alkanes) is 1. The number of esters is 1. The Morgan fingerprint density at radius 2 is 1.96 bits per heavy atom. The van der Waals surface area contributed by atoms with E-state index in [9.17, 15) is 4.79 Å². The van der Waals surface area contributed by atoms with E-state index in [2.05, 4.69) is 45.8 Å². The molecule has 1 heterocycles. The van der Waals surface area contributed by atoms with Crippen LogP contribution in [0.25, 0.3) is 6.08 Å². The second-order valence-electron chi connectivity index (χ2n) is 7.85. The molecule has 0 aliphatic heterocycles. The number of methoxy groups -OCH3 is 1. The van der Waals surface area contributed by atoms with E-state index < -0.39 is 8.32 Å². The average Bonchev–Trinajstić information content (AvgIpc) is 2.57. The third-order valence-corrected chi connectivity index (χ3v) is 9.11. The SMILES string of the molecule is CCCCOC(=O)/C=C/c1cc(CO[Si](C)(C)C(C)(C)C)cc(OC)n1. The molecule has 0 unspecified atom stereocenters. The molecule has 0 aromatic carbocycles. The number of hydrogen-bond donors (Lipinski definition) is 0. The summed E-state index contributed by atoms with van der Waals surface area (Å²) in [5.74, 6) is 0.141. The minimum Gasteiger partial charge on any atom is -0.481 e. The minimum atomic E-state index is -1.84. The van der Waals surface area contributed by atoms with Crippen LogP contribution in [0, 0.1) is 0 Å². The first-order chi connectivity index (χ1) is 12.1. The summed E-state index contributed by atoms with van der Waals surface area (Å²) in [5.41, 5.74) is 1.62. The molecule has 0 bridgehead atoms. The smallest absolute Gasteiger partial charge is 0.330 e. The lowest BCUT2D eigenvalue weighted by molar-refractivity contribution is -0.137. The van der Waals surface area contributed by atoms with E-state index in [0.717, 1.165) is 18.4 Å². The highest BCUT2D eigenvalue weighted by molar-refractivity contribution is 6.74. The van der Waals surface area contributed by atoms with Crippen molar-refractivity contribution in [3.8, 4) is 5.88 Å². The maximum absolute atomic E-state index is 11.7. The van der Waals surface area contributed by atoms with Crippen molar-refractivity contribution in [2.45, 2.75) is 65.3 Å². The minimum absolute atomic E-state index is 0.148. The molecule has 1 aromatic heterocycles. The van der Waals surface area contributed by atoms with Crippen molar-refractivity contribution in [2.75, 3.05) is 13.7 Å². The highest BCUT2D eigenvalue weighted by Crippen LogP contribution is 2.37. The fraction of sp³-hybridized carbons (Fsp3) is 0.600. The third-order valence-electron chi connectivity index (χ3n) is 4.63. The van der Waals surface area contributed by atoms with Crippen molar-refractivity contribution in [3.05, 3.63) is 29.5 Å². The maximum atomic E-state index is 11.7.